The summed E-state index contributed by atoms with van der Waals surface area (Å²) in [7, 11) is 0. The number of H-pyrrole nitrogens is 1. The van der Waals surface area contributed by atoms with E-state index in [1.807, 2.05) is 24.3 Å². The van der Waals surface area contributed by atoms with E-state index in [-0.39, 0.29) is 5.91 Å². The number of nitrogens with one attached hydrogen (secondary N) is 2. The first-order chi connectivity index (χ1) is 17.0. The molecular weight excluding hydrogens is 530 g/mol. The van der Waals surface area contributed by atoms with Crippen LogP contribution in [0.1, 0.15) is 38.7 Å². The molecule has 35 heavy (non-hydrogen) atoms. The molecule has 0 spiro atoms. The van der Waals surface area contributed by atoms with E-state index in [1.165, 1.54) is 0 Å². The smallest absolute Gasteiger partial charge is 0.226 e. The van der Waals surface area contributed by atoms with Crippen LogP contribution in [-0.4, -0.2) is 70.2 Å². The average molecular weight is 563 g/mol. The largest absolute Gasteiger partial charge is 0.356 e. The van der Waals surface area contributed by atoms with Gasteiger partial charge in [-0.2, -0.15) is 5.10 Å². The number of fused-ring (bicyclic) bond motifs is 1. The van der Waals surface area contributed by atoms with Gasteiger partial charge in [-0.3, -0.25) is 9.89 Å². The van der Waals surface area contributed by atoms with Crippen LogP contribution < -0.4 is 10.2 Å². The van der Waals surface area contributed by atoms with E-state index in [9.17, 15) is 4.79 Å². The number of anilines is 1. The van der Waals surface area contributed by atoms with Crippen LogP contribution in [-0.2, 0) is 11.2 Å². The third-order valence-electron chi connectivity index (χ3n) is 7.08. The number of carbonyl (C=O) groups is 1. The lowest BCUT2D eigenvalue weighted by Crippen LogP contribution is -2.50. The van der Waals surface area contributed by atoms with Gasteiger partial charge in [-0.05, 0) is 78.9 Å². The number of hydrogen-bond donors (Lipinski definition) is 2. The molecule has 0 aliphatic carbocycles. The highest BCUT2D eigenvalue weighted by Gasteiger charge is 2.42. The maximum atomic E-state index is 13.6. The van der Waals surface area contributed by atoms with Gasteiger partial charge in [0.05, 0.1) is 10.8 Å². The van der Waals surface area contributed by atoms with Gasteiger partial charge in [0.25, 0.3) is 0 Å². The molecule has 3 aromatic rings. The predicted molar refractivity (Wildman–Crippen MR) is 144 cm³/mol. The minimum atomic E-state index is -0.473. The number of halogens is 2. The summed E-state index contributed by atoms with van der Waals surface area (Å²) in [6.07, 6.45) is 4.65. The van der Waals surface area contributed by atoms with Crippen LogP contribution in [0.3, 0.4) is 0 Å². The van der Waals surface area contributed by atoms with Crippen LogP contribution >= 0.6 is 27.5 Å². The minimum Gasteiger partial charge on any atom is -0.356 e. The molecule has 2 N–H and O–H groups in total. The van der Waals surface area contributed by atoms with Crippen molar-refractivity contribution in [3.63, 3.8) is 0 Å². The van der Waals surface area contributed by atoms with Gasteiger partial charge in [0.15, 0.2) is 5.65 Å². The first-order valence-corrected chi connectivity index (χ1v) is 13.5. The normalized spacial score (nSPS) is 15.6. The average Bonchev–Trinajstić information content (AvgIpc) is 3.27. The second-order valence-electron chi connectivity index (χ2n) is 9.14. The topological polar surface area (TPSA) is 90.0 Å². The molecule has 4 rings (SSSR count). The van der Waals surface area contributed by atoms with Gasteiger partial charge in [0, 0.05) is 24.7 Å². The zero-order chi connectivity index (χ0) is 24.8. The number of hydrogen-bond acceptors (Lipinski definition) is 6. The second kappa shape index (κ2) is 11.7. The van der Waals surface area contributed by atoms with Crippen molar-refractivity contribution in [3.05, 3.63) is 45.8 Å². The van der Waals surface area contributed by atoms with Gasteiger partial charge in [-0.25, -0.2) is 9.97 Å². The second-order valence-corrected chi connectivity index (χ2v) is 10.4. The Balaban J connectivity index is 1.49. The molecule has 0 unspecified atom stereocenters. The number of aromatic amines is 1. The fraction of sp³-hybridized carbons (Fsp3) is 0.520. The van der Waals surface area contributed by atoms with Crippen LogP contribution in [0.25, 0.3) is 11.0 Å². The zero-order valence-electron chi connectivity index (χ0n) is 20.4. The van der Waals surface area contributed by atoms with Crippen LogP contribution in [0.15, 0.2) is 35.2 Å². The van der Waals surface area contributed by atoms with Crippen molar-refractivity contribution < 1.29 is 4.79 Å². The summed E-state index contributed by atoms with van der Waals surface area (Å²) >= 11 is 9.64. The molecule has 1 aromatic carbocycles. The van der Waals surface area contributed by atoms with Crippen molar-refractivity contribution in [1.82, 2.24) is 30.4 Å². The number of piperidine rings is 1. The summed E-state index contributed by atoms with van der Waals surface area (Å²) in [6.45, 7) is 9.54. The Kier molecular flexibility index (Phi) is 8.62. The first kappa shape index (κ1) is 25.9. The van der Waals surface area contributed by atoms with Gasteiger partial charge in [-0.1, -0.05) is 37.6 Å². The monoisotopic (exact) mass is 561 g/mol. The van der Waals surface area contributed by atoms with Gasteiger partial charge < -0.3 is 15.1 Å². The lowest BCUT2D eigenvalue weighted by molar-refractivity contribution is -0.132. The Morgan fingerprint density at radius 1 is 1.20 bits per heavy atom. The van der Waals surface area contributed by atoms with Crippen LogP contribution in [0.4, 0.5) is 5.82 Å². The summed E-state index contributed by atoms with van der Waals surface area (Å²) in [6, 6.07) is 7.85. The molecule has 1 fully saturated rings. The third kappa shape index (κ3) is 5.95. The Bertz CT molecular complexity index is 1120. The highest BCUT2D eigenvalue weighted by Crippen LogP contribution is 2.39. The van der Waals surface area contributed by atoms with Gasteiger partial charge >= 0.3 is 0 Å². The number of rotatable bonds is 10. The quantitative estimate of drug-likeness (QED) is 0.355. The summed E-state index contributed by atoms with van der Waals surface area (Å²) in [4.78, 5) is 27.0. The maximum Gasteiger partial charge on any atom is 0.226 e. The molecule has 10 heteroatoms. The summed E-state index contributed by atoms with van der Waals surface area (Å²) in [5.41, 5.74) is 1.29. The molecule has 0 radical (unpaired) electrons. The van der Waals surface area contributed by atoms with E-state index in [0.29, 0.717) is 23.6 Å². The third-order valence-corrected chi connectivity index (χ3v) is 7.90. The van der Waals surface area contributed by atoms with E-state index in [1.54, 1.807) is 6.33 Å². The molecule has 1 saturated heterocycles. The van der Waals surface area contributed by atoms with Gasteiger partial charge in [0.1, 0.15) is 16.7 Å². The summed E-state index contributed by atoms with van der Waals surface area (Å²) in [5, 5.41) is 12.0. The lowest BCUT2D eigenvalue weighted by Gasteiger charge is -2.41. The molecular formula is C25H33BrClN7O. The fourth-order valence-corrected chi connectivity index (χ4v) is 5.47. The number of amides is 1. The number of aromatic nitrogens is 4. The lowest BCUT2D eigenvalue weighted by atomic mass is 9.73. The van der Waals surface area contributed by atoms with Gasteiger partial charge in [0.2, 0.25) is 5.91 Å². The van der Waals surface area contributed by atoms with E-state index in [4.69, 9.17) is 11.6 Å². The summed E-state index contributed by atoms with van der Waals surface area (Å²) in [5.74, 6) is 0.985. The molecule has 0 atom stereocenters. The van der Waals surface area contributed by atoms with Crippen molar-refractivity contribution in [2.45, 2.75) is 39.5 Å². The molecule has 3 heterocycles. The maximum absolute atomic E-state index is 13.6. The van der Waals surface area contributed by atoms with Crippen LogP contribution in [0.2, 0.25) is 5.02 Å². The minimum absolute atomic E-state index is 0.143. The van der Waals surface area contributed by atoms with Crippen molar-refractivity contribution >= 4 is 50.3 Å². The Hall–Kier alpha value is -2.23. The molecule has 1 amide bonds. The molecule has 188 valence electrons. The zero-order valence-corrected chi connectivity index (χ0v) is 22.7. The molecule has 0 bridgehead atoms. The SMILES string of the molecule is CCN(CC)CCCNC(=O)C1(Cc2ccc(Cl)cc2)CCN(c2ncnc3n[nH]c(Br)c23)CC1. The van der Waals surface area contributed by atoms with E-state index >= 15 is 0 Å². The van der Waals surface area contributed by atoms with Crippen molar-refractivity contribution in [2.75, 3.05) is 44.2 Å². The summed E-state index contributed by atoms with van der Waals surface area (Å²) < 4.78 is 0.770. The van der Waals surface area contributed by atoms with Crippen LogP contribution in [0, 0.1) is 5.41 Å². The number of nitrogens with zero attached hydrogens (tertiary/aromatic N) is 5. The Labute approximate surface area is 220 Å². The number of benzene rings is 1. The highest BCUT2D eigenvalue weighted by atomic mass is 79.9. The molecule has 1 aliphatic heterocycles. The van der Waals surface area contributed by atoms with Crippen molar-refractivity contribution in [3.8, 4) is 0 Å². The van der Waals surface area contributed by atoms with E-state index in [2.05, 4.69) is 65.1 Å². The van der Waals surface area contributed by atoms with Crippen LogP contribution in [0.5, 0.6) is 0 Å². The Morgan fingerprint density at radius 3 is 2.60 bits per heavy atom. The van der Waals surface area contributed by atoms with E-state index in [0.717, 1.165) is 73.4 Å². The number of carbonyl (C=O) groups excluding carboxylic acids is 1. The van der Waals surface area contributed by atoms with Gasteiger partial charge in [-0.15, -0.1) is 0 Å². The predicted octanol–water partition coefficient (Wildman–Crippen LogP) is 4.45. The van der Waals surface area contributed by atoms with Crippen molar-refractivity contribution in [2.24, 2.45) is 5.41 Å². The first-order valence-electron chi connectivity index (χ1n) is 12.3. The fourth-order valence-electron chi connectivity index (χ4n) is 4.90. The highest BCUT2D eigenvalue weighted by molar-refractivity contribution is 9.10. The standard InChI is InChI=1S/C25H33BrClN7O/c1-3-33(4-2)13-5-12-28-24(35)25(16-18-6-8-19(27)9-7-18)10-14-34(15-11-25)23-20-21(26)31-32-22(20)29-17-30-23/h6-9,17H,3-5,10-16H2,1-2H3,(H,28,35)(H,29,30,31,32). The molecule has 8 nitrogen and oxygen atoms in total. The Morgan fingerprint density at radius 2 is 1.91 bits per heavy atom. The van der Waals surface area contributed by atoms with Crippen molar-refractivity contribution in [1.29, 1.82) is 0 Å². The van der Waals surface area contributed by atoms with E-state index < -0.39 is 5.41 Å². The molecule has 1 aliphatic rings. The molecule has 0 saturated carbocycles. The molecule has 2 aromatic heterocycles.